The summed E-state index contributed by atoms with van der Waals surface area (Å²) in [5.74, 6) is 0. The summed E-state index contributed by atoms with van der Waals surface area (Å²) in [4.78, 5) is -0.194. The number of hydrogen-bond donors (Lipinski definition) is 3. The van der Waals surface area contributed by atoms with E-state index in [1.54, 1.807) is 0 Å². The van der Waals surface area contributed by atoms with E-state index in [1.165, 1.54) is 19.2 Å². The number of nitrogen functional groups attached to an aromatic ring is 1. The van der Waals surface area contributed by atoms with Gasteiger partial charge in [0.25, 0.3) is 0 Å². The summed E-state index contributed by atoms with van der Waals surface area (Å²) >= 11 is 11.6. The number of halogens is 2. The molecule has 0 saturated heterocycles. The van der Waals surface area contributed by atoms with Crippen LogP contribution in [0.4, 0.5) is 5.69 Å². The van der Waals surface area contributed by atoms with Gasteiger partial charge in [0.15, 0.2) is 0 Å². The molecule has 0 bridgehead atoms. The van der Waals surface area contributed by atoms with Crippen molar-refractivity contribution >= 4 is 38.9 Å². The molecule has 0 saturated carbocycles. The van der Waals surface area contributed by atoms with Crippen LogP contribution >= 0.6 is 23.2 Å². The quantitative estimate of drug-likeness (QED) is 0.672. The summed E-state index contributed by atoms with van der Waals surface area (Å²) in [5, 5.41) is 9.41. The molecule has 19 heavy (non-hydrogen) atoms. The van der Waals surface area contributed by atoms with Crippen molar-refractivity contribution in [2.45, 2.75) is 11.0 Å². The lowest BCUT2D eigenvalue weighted by Gasteiger charge is -2.13. The number of ether oxygens (including phenoxy) is 1. The van der Waals surface area contributed by atoms with Gasteiger partial charge in [-0.1, -0.05) is 23.2 Å². The molecule has 9 heteroatoms. The molecular weight excluding hydrogens is 315 g/mol. The topological polar surface area (TPSA) is 102 Å². The molecule has 0 spiro atoms. The molecule has 1 atom stereocenters. The van der Waals surface area contributed by atoms with Gasteiger partial charge in [0, 0.05) is 13.7 Å². The lowest BCUT2D eigenvalue weighted by molar-refractivity contribution is 0.0679. The highest BCUT2D eigenvalue weighted by molar-refractivity contribution is 7.89. The minimum atomic E-state index is -3.88. The van der Waals surface area contributed by atoms with Gasteiger partial charge in [-0.15, -0.1) is 0 Å². The summed E-state index contributed by atoms with van der Waals surface area (Å²) in [6.07, 6.45) is -0.955. The van der Waals surface area contributed by atoms with Crippen molar-refractivity contribution in [2.75, 3.05) is 26.0 Å². The number of benzene rings is 1. The Labute approximate surface area is 121 Å². The van der Waals surface area contributed by atoms with Gasteiger partial charge in [-0.25, -0.2) is 13.1 Å². The molecule has 1 aromatic carbocycles. The van der Waals surface area contributed by atoms with E-state index < -0.39 is 16.1 Å². The third-order valence-electron chi connectivity index (χ3n) is 2.25. The predicted octanol–water partition coefficient (Wildman–Crippen LogP) is 0.861. The number of hydrogen-bond acceptors (Lipinski definition) is 5. The molecule has 0 amide bonds. The number of methoxy groups -OCH3 is 1. The largest absolute Gasteiger partial charge is 0.396 e. The zero-order valence-electron chi connectivity index (χ0n) is 10.1. The molecule has 0 radical (unpaired) electrons. The number of rotatable bonds is 6. The van der Waals surface area contributed by atoms with Crippen molar-refractivity contribution in [3.63, 3.8) is 0 Å². The normalized spacial score (nSPS) is 13.5. The second-order valence-electron chi connectivity index (χ2n) is 3.73. The zero-order valence-corrected chi connectivity index (χ0v) is 12.4. The smallest absolute Gasteiger partial charge is 0.242 e. The molecular formula is C10H14Cl2N2O4S. The van der Waals surface area contributed by atoms with Gasteiger partial charge < -0.3 is 15.6 Å². The third kappa shape index (κ3) is 4.20. The second kappa shape index (κ2) is 6.74. The van der Waals surface area contributed by atoms with Crippen LogP contribution in [0.2, 0.25) is 10.0 Å². The maximum Gasteiger partial charge on any atom is 0.242 e. The highest BCUT2D eigenvalue weighted by Crippen LogP contribution is 2.32. The first-order valence-electron chi connectivity index (χ1n) is 5.19. The van der Waals surface area contributed by atoms with Gasteiger partial charge in [-0.2, -0.15) is 0 Å². The monoisotopic (exact) mass is 328 g/mol. The predicted molar refractivity (Wildman–Crippen MR) is 73.9 cm³/mol. The summed E-state index contributed by atoms with van der Waals surface area (Å²) in [6, 6.07) is 2.58. The Balaban J connectivity index is 2.92. The number of aliphatic hydroxyl groups excluding tert-OH is 1. The molecule has 1 aromatic rings. The van der Waals surface area contributed by atoms with Crippen LogP contribution in [0, 0.1) is 0 Å². The van der Waals surface area contributed by atoms with Gasteiger partial charge in [0.1, 0.15) is 4.90 Å². The average Bonchev–Trinajstić information content (AvgIpc) is 2.34. The van der Waals surface area contributed by atoms with E-state index in [0.29, 0.717) is 0 Å². The molecule has 0 aromatic heterocycles. The Kier molecular flexibility index (Phi) is 5.84. The maximum absolute atomic E-state index is 12.0. The van der Waals surface area contributed by atoms with E-state index >= 15 is 0 Å². The molecule has 0 aliphatic heterocycles. The van der Waals surface area contributed by atoms with Gasteiger partial charge in [0.2, 0.25) is 10.0 Å². The van der Waals surface area contributed by atoms with Crippen LogP contribution < -0.4 is 10.5 Å². The molecule has 0 aliphatic rings. The number of sulfonamides is 1. The van der Waals surface area contributed by atoms with Crippen LogP contribution in [0.5, 0.6) is 0 Å². The molecule has 6 nitrogen and oxygen atoms in total. The molecule has 1 unspecified atom stereocenters. The van der Waals surface area contributed by atoms with Crippen molar-refractivity contribution in [3.05, 3.63) is 22.2 Å². The van der Waals surface area contributed by atoms with Gasteiger partial charge in [-0.05, 0) is 12.1 Å². The van der Waals surface area contributed by atoms with Crippen molar-refractivity contribution in [1.29, 1.82) is 0 Å². The molecule has 1 rings (SSSR count). The number of anilines is 1. The van der Waals surface area contributed by atoms with Gasteiger partial charge in [0.05, 0.1) is 28.4 Å². The van der Waals surface area contributed by atoms with E-state index in [2.05, 4.69) is 9.46 Å². The van der Waals surface area contributed by atoms with Crippen LogP contribution in [0.3, 0.4) is 0 Å². The fourth-order valence-corrected chi connectivity index (χ4v) is 3.13. The van der Waals surface area contributed by atoms with Crippen LogP contribution in [-0.2, 0) is 14.8 Å². The first-order chi connectivity index (χ1) is 8.79. The van der Waals surface area contributed by atoms with Crippen molar-refractivity contribution in [1.82, 2.24) is 4.72 Å². The van der Waals surface area contributed by atoms with Gasteiger partial charge >= 0.3 is 0 Å². The Morgan fingerprint density at radius 3 is 2.68 bits per heavy atom. The Morgan fingerprint density at radius 1 is 1.47 bits per heavy atom. The fraction of sp³-hybridized carbons (Fsp3) is 0.400. The standard InChI is InChI=1S/C10H14Cl2N2O4S/c1-18-5-6(15)4-14-19(16,17)8-3-2-7(11)10(13)9(8)12/h2-3,6,14-15H,4-5,13H2,1H3. The molecule has 0 heterocycles. The van der Waals surface area contributed by atoms with Crippen molar-refractivity contribution in [2.24, 2.45) is 0 Å². The number of nitrogens with two attached hydrogens (primary N) is 1. The van der Waals surface area contributed by atoms with E-state index in [1.807, 2.05) is 0 Å². The summed E-state index contributed by atoms with van der Waals surface area (Å²) in [5.41, 5.74) is 5.55. The molecule has 0 fully saturated rings. The minimum Gasteiger partial charge on any atom is -0.396 e. The number of aliphatic hydroxyl groups is 1. The first-order valence-corrected chi connectivity index (χ1v) is 7.43. The summed E-state index contributed by atoms with van der Waals surface area (Å²) < 4.78 is 30.8. The van der Waals surface area contributed by atoms with Crippen LogP contribution in [-0.4, -0.2) is 39.9 Å². The van der Waals surface area contributed by atoms with Crippen LogP contribution in [0.25, 0.3) is 0 Å². The van der Waals surface area contributed by atoms with Crippen LogP contribution in [0.15, 0.2) is 17.0 Å². The fourth-order valence-electron chi connectivity index (χ4n) is 1.29. The summed E-state index contributed by atoms with van der Waals surface area (Å²) in [7, 11) is -2.48. The van der Waals surface area contributed by atoms with E-state index in [9.17, 15) is 13.5 Å². The summed E-state index contributed by atoms with van der Waals surface area (Å²) in [6.45, 7) is -0.186. The number of nitrogens with one attached hydrogen (secondary N) is 1. The Hall–Kier alpha value is -0.570. The third-order valence-corrected chi connectivity index (χ3v) is 4.56. The lowest BCUT2D eigenvalue weighted by atomic mass is 10.3. The lowest BCUT2D eigenvalue weighted by Crippen LogP contribution is -2.34. The van der Waals surface area contributed by atoms with E-state index in [-0.39, 0.29) is 33.8 Å². The van der Waals surface area contributed by atoms with Crippen molar-refractivity contribution in [3.8, 4) is 0 Å². The molecule has 0 aliphatic carbocycles. The minimum absolute atomic E-state index is 0.0105. The van der Waals surface area contributed by atoms with E-state index in [4.69, 9.17) is 28.9 Å². The first kappa shape index (κ1) is 16.5. The van der Waals surface area contributed by atoms with Gasteiger partial charge in [-0.3, -0.25) is 0 Å². The molecule has 108 valence electrons. The zero-order chi connectivity index (χ0) is 14.6. The average molecular weight is 329 g/mol. The highest BCUT2D eigenvalue weighted by Gasteiger charge is 2.21. The highest BCUT2D eigenvalue weighted by atomic mass is 35.5. The van der Waals surface area contributed by atoms with E-state index in [0.717, 1.165) is 0 Å². The van der Waals surface area contributed by atoms with Crippen molar-refractivity contribution < 1.29 is 18.3 Å². The maximum atomic E-state index is 12.0. The Bertz CT molecular complexity index is 551. The SMILES string of the molecule is COCC(O)CNS(=O)(=O)c1ccc(Cl)c(N)c1Cl. The molecule has 4 N–H and O–H groups in total. The Morgan fingerprint density at radius 2 is 2.11 bits per heavy atom. The van der Waals surface area contributed by atoms with Crippen LogP contribution in [0.1, 0.15) is 0 Å². The second-order valence-corrected chi connectivity index (χ2v) is 6.25.